The lowest BCUT2D eigenvalue weighted by atomic mass is 10.2. The summed E-state index contributed by atoms with van der Waals surface area (Å²) in [6.45, 7) is 4.56. The van der Waals surface area contributed by atoms with Crippen LogP contribution in [0.1, 0.15) is 23.9 Å². The Labute approximate surface area is 111 Å². The molecule has 5 nitrogen and oxygen atoms in total. The lowest BCUT2D eigenvalue weighted by Crippen LogP contribution is -2.00. The van der Waals surface area contributed by atoms with E-state index >= 15 is 0 Å². The van der Waals surface area contributed by atoms with Crippen molar-refractivity contribution in [3.05, 3.63) is 41.3 Å². The van der Waals surface area contributed by atoms with E-state index in [-0.39, 0.29) is 6.61 Å². The maximum Gasteiger partial charge on any atom is 0.161 e. The third-order valence-electron chi connectivity index (χ3n) is 2.54. The first kappa shape index (κ1) is 13.4. The molecule has 1 N–H and O–H groups in total. The number of hydrogen-bond acceptors (Lipinski definition) is 5. The normalized spacial score (nSPS) is 10.5. The molecule has 1 aromatic heterocycles. The van der Waals surface area contributed by atoms with Gasteiger partial charge in [0.1, 0.15) is 18.1 Å². The van der Waals surface area contributed by atoms with Gasteiger partial charge in [0.25, 0.3) is 0 Å². The van der Waals surface area contributed by atoms with Gasteiger partial charge in [0.15, 0.2) is 11.5 Å². The Morgan fingerprint density at radius 1 is 1.21 bits per heavy atom. The molecule has 0 atom stereocenters. The highest BCUT2D eigenvalue weighted by Crippen LogP contribution is 2.29. The van der Waals surface area contributed by atoms with E-state index in [9.17, 15) is 0 Å². The van der Waals surface area contributed by atoms with Gasteiger partial charge in [-0.05, 0) is 31.5 Å². The molecule has 0 unspecified atom stereocenters. The Balaban J connectivity index is 2.10. The highest BCUT2D eigenvalue weighted by Gasteiger charge is 2.08. The molecule has 0 saturated heterocycles. The first-order chi connectivity index (χ1) is 9.22. The fraction of sp³-hybridized carbons (Fsp3) is 0.357. The number of aliphatic hydroxyl groups excluding tert-OH is 1. The van der Waals surface area contributed by atoms with Crippen molar-refractivity contribution in [3.63, 3.8) is 0 Å². The molecule has 0 spiro atoms. The molecule has 0 aliphatic heterocycles. The Bertz CT molecular complexity index is 536. The molecule has 0 radical (unpaired) electrons. The molecule has 2 rings (SSSR count). The molecule has 1 aromatic carbocycles. The molecule has 0 aliphatic carbocycles. The molecule has 0 fully saturated rings. The summed E-state index contributed by atoms with van der Waals surface area (Å²) in [7, 11) is 0. The minimum atomic E-state index is -0.0250. The number of ether oxygens (including phenoxy) is 2. The van der Waals surface area contributed by atoms with Crippen LogP contribution in [0.4, 0.5) is 0 Å². The Morgan fingerprint density at radius 3 is 2.68 bits per heavy atom. The fourth-order valence-corrected chi connectivity index (χ4v) is 1.68. The molecule has 0 amide bonds. The van der Waals surface area contributed by atoms with Crippen molar-refractivity contribution < 1.29 is 19.1 Å². The van der Waals surface area contributed by atoms with Crippen LogP contribution < -0.4 is 9.47 Å². The number of nitrogens with zero attached hydrogens (tertiary/aromatic N) is 1. The summed E-state index contributed by atoms with van der Waals surface area (Å²) in [5.74, 6) is 1.99. The smallest absolute Gasteiger partial charge is 0.161 e. The summed E-state index contributed by atoms with van der Waals surface area (Å²) in [4.78, 5) is 0. The van der Waals surface area contributed by atoms with Crippen molar-refractivity contribution in [1.29, 1.82) is 0 Å². The number of aliphatic hydroxyl groups is 1. The summed E-state index contributed by atoms with van der Waals surface area (Å²) in [5.41, 5.74) is 1.51. The minimum Gasteiger partial charge on any atom is -0.490 e. The summed E-state index contributed by atoms with van der Waals surface area (Å²) in [6, 6.07) is 7.17. The van der Waals surface area contributed by atoms with Gasteiger partial charge in [-0.15, -0.1) is 0 Å². The molecule has 2 aromatic rings. The van der Waals surface area contributed by atoms with Crippen molar-refractivity contribution >= 4 is 0 Å². The number of aromatic nitrogens is 1. The molecule has 0 bridgehead atoms. The largest absolute Gasteiger partial charge is 0.490 e. The average molecular weight is 263 g/mol. The van der Waals surface area contributed by atoms with E-state index in [1.165, 1.54) is 0 Å². The van der Waals surface area contributed by atoms with Gasteiger partial charge >= 0.3 is 0 Å². The van der Waals surface area contributed by atoms with Crippen LogP contribution in [0.15, 0.2) is 28.8 Å². The molecule has 0 saturated carbocycles. The van der Waals surface area contributed by atoms with Crippen LogP contribution in [0.2, 0.25) is 0 Å². The maximum absolute atomic E-state index is 9.11. The predicted molar refractivity (Wildman–Crippen MR) is 69.1 cm³/mol. The van der Waals surface area contributed by atoms with E-state index in [4.69, 9.17) is 19.1 Å². The van der Waals surface area contributed by atoms with Crippen molar-refractivity contribution in [2.24, 2.45) is 0 Å². The van der Waals surface area contributed by atoms with Crippen molar-refractivity contribution in [2.45, 2.75) is 27.1 Å². The van der Waals surface area contributed by atoms with E-state index in [1.54, 1.807) is 18.2 Å². The maximum atomic E-state index is 9.11. The van der Waals surface area contributed by atoms with Crippen molar-refractivity contribution in [1.82, 2.24) is 5.16 Å². The van der Waals surface area contributed by atoms with Crippen molar-refractivity contribution in [2.75, 3.05) is 6.61 Å². The lowest BCUT2D eigenvalue weighted by Gasteiger charge is -2.12. The summed E-state index contributed by atoms with van der Waals surface area (Å²) < 4.78 is 16.1. The Kier molecular flexibility index (Phi) is 4.41. The van der Waals surface area contributed by atoms with E-state index in [0.29, 0.717) is 24.7 Å². The topological polar surface area (TPSA) is 64.7 Å². The van der Waals surface area contributed by atoms with E-state index < -0.39 is 0 Å². The second-order valence-electron chi connectivity index (χ2n) is 4.09. The van der Waals surface area contributed by atoms with Gasteiger partial charge in [-0.1, -0.05) is 11.2 Å². The third kappa shape index (κ3) is 3.48. The predicted octanol–water partition coefficient (Wildman–Crippen LogP) is 2.45. The highest BCUT2D eigenvalue weighted by molar-refractivity contribution is 5.42. The third-order valence-corrected chi connectivity index (χ3v) is 2.54. The zero-order chi connectivity index (χ0) is 13.7. The molecular formula is C14H17NO4. The molecular weight excluding hydrogens is 246 g/mol. The molecule has 1 heterocycles. The van der Waals surface area contributed by atoms with Crippen LogP contribution in [-0.2, 0) is 13.2 Å². The van der Waals surface area contributed by atoms with Gasteiger partial charge in [0, 0.05) is 6.07 Å². The van der Waals surface area contributed by atoms with Gasteiger partial charge in [-0.25, -0.2) is 0 Å². The lowest BCUT2D eigenvalue weighted by molar-refractivity contribution is 0.256. The van der Waals surface area contributed by atoms with Crippen LogP contribution in [-0.4, -0.2) is 16.9 Å². The number of rotatable bonds is 6. The van der Waals surface area contributed by atoms with Crippen molar-refractivity contribution in [3.8, 4) is 11.5 Å². The second-order valence-corrected chi connectivity index (χ2v) is 4.09. The fourth-order valence-electron chi connectivity index (χ4n) is 1.68. The molecule has 5 heteroatoms. The monoisotopic (exact) mass is 263 g/mol. The summed E-state index contributed by atoms with van der Waals surface area (Å²) in [6.07, 6.45) is 0. The summed E-state index contributed by atoms with van der Waals surface area (Å²) >= 11 is 0. The van der Waals surface area contributed by atoms with Crippen LogP contribution in [0.5, 0.6) is 11.5 Å². The van der Waals surface area contributed by atoms with Gasteiger partial charge < -0.3 is 19.1 Å². The van der Waals surface area contributed by atoms with E-state index in [2.05, 4.69) is 5.16 Å². The second kappa shape index (κ2) is 6.24. The average Bonchev–Trinajstić information content (AvgIpc) is 2.83. The zero-order valence-corrected chi connectivity index (χ0v) is 11.0. The van der Waals surface area contributed by atoms with E-state index in [0.717, 1.165) is 17.0 Å². The quantitative estimate of drug-likeness (QED) is 0.867. The summed E-state index contributed by atoms with van der Waals surface area (Å²) in [5, 5.41) is 13.0. The Morgan fingerprint density at radius 2 is 2.05 bits per heavy atom. The first-order valence-corrected chi connectivity index (χ1v) is 6.14. The van der Waals surface area contributed by atoms with Gasteiger partial charge in [-0.2, -0.15) is 0 Å². The molecule has 19 heavy (non-hydrogen) atoms. The SMILES string of the molecule is CCOc1cc(CO)ccc1OCc1cc(C)on1. The zero-order valence-electron chi connectivity index (χ0n) is 11.0. The number of aryl methyl sites for hydroxylation is 1. The standard InChI is InChI=1S/C14H17NO4/c1-3-17-14-7-11(8-16)4-5-13(14)18-9-12-6-10(2)19-15-12/h4-7,16H,3,8-9H2,1-2H3. The van der Waals surface area contributed by atoms with Crippen LogP contribution >= 0.6 is 0 Å². The van der Waals surface area contributed by atoms with Gasteiger partial charge in [-0.3, -0.25) is 0 Å². The van der Waals surface area contributed by atoms with Gasteiger partial charge in [0.05, 0.1) is 13.2 Å². The minimum absolute atomic E-state index is 0.0250. The first-order valence-electron chi connectivity index (χ1n) is 6.14. The van der Waals surface area contributed by atoms with Gasteiger partial charge in [0.2, 0.25) is 0 Å². The molecule has 0 aliphatic rings. The number of hydrogen-bond donors (Lipinski definition) is 1. The Hall–Kier alpha value is -2.01. The van der Waals surface area contributed by atoms with Crippen LogP contribution in [0, 0.1) is 6.92 Å². The highest BCUT2D eigenvalue weighted by atomic mass is 16.5. The van der Waals surface area contributed by atoms with Crippen LogP contribution in [0.3, 0.4) is 0 Å². The molecule has 102 valence electrons. The van der Waals surface area contributed by atoms with Crippen LogP contribution in [0.25, 0.3) is 0 Å². The van der Waals surface area contributed by atoms with E-state index in [1.807, 2.05) is 19.9 Å². The number of benzene rings is 1.